The highest BCUT2D eigenvalue weighted by atomic mass is 16.4. The lowest BCUT2D eigenvalue weighted by atomic mass is 10.1. The number of fused-ring (bicyclic) bond motifs is 1. The topological polar surface area (TPSA) is 112 Å². The number of H-pyrrole nitrogens is 2. The summed E-state index contributed by atoms with van der Waals surface area (Å²) < 4.78 is 0. The molecule has 3 heterocycles. The number of aromatic nitrogens is 4. The van der Waals surface area contributed by atoms with Crippen molar-refractivity contribution in [2.75, 3.05) is 0 Å². The second-order valence-electron chi connectivity index (χ2n) is 5.49. The Morgan fingerprint density at radius 1 is 1.04 bits per heavy atom. The van der Waals surface area contributed by atoms with Crippen molar-refractivity contribution >= 4 is 17.0 Å². The number of nitrogens with one attached hydrogen (secondary N) is 2. The van der Waals surface area contributed by atoms with Gasteiger partial charge in [0, 0.05) is 18.6 Å². The molecular weight excluding hydrogens is 320 g/mol. The summed E-state index contributed by atoms with van der Waals surface area (Å²) in [6, 6.07) is 10.0. The molecule has 3 aromatic heterocycles. The van der Waals surface area contributed by atoms with Gasteiger partial charge >= 0.3 is 5.97 Å². The molecule has 7 nitrogen and oxygen atoms in total. The Balaban J connectivity index is 1.85. The molecule has 0 atom stereocenters. The van der Waals surface area contributed by atoms with Gasteiger partial charge in [-0.05, 0) is 47.5 Å². The maximum atomic E-state index is 12.2. The van der Waals surface area contributed by atoms with Crippen LogP contribution in [0.4, 0.5) is 0 Å². The minimum Gasteiger partial charge on any atom is -0.478 e. The normalized spacial score (nSPS) is 10.9. The van der Waals surface area contributed by atoms with E-state index < -0.39 is 5.97 Å². The van der Waals surface area contributed by atoms with Gasteiger partial charge in [-0.2, -0.15) is 0 Å². The molecule has 0 aliphatic rings. The molecular formula is C18H12N4O3. The lowest BCUT2D eigenvalue weighted by molar-refractivity contribution is 0.0697. The molecule has 4 aromatic rings. The van der Waals surface area contributed by atoms with Gasteiger partial charge in [-0.25, -0.2) is 9.78 Å². The van der Waals surface area contributed by atoms with Gasteiger partial charge in [-0.3, -0.25) is 9.78 Å². The number of hydrogen-bond acceptors (Lipinski definition) is 4. The Kier molecular flexibility index (Phi) is 3.39. The van der Waals surface area contributed by atoms with E-state index in [1.807, 2.05) is 12.1 Å². The van der Waals surface area contributed by atoms with Gasteiger partial charge < -0.3 is 15.1 Å². The number of nitrogens with zero attached hydrogens (tertiary/aromatic N) is 2. The van der Waals surface area contributed by atoms with Crippen molar-refractivity contribution in [2.45, 2.75) is 0 Å². The molecule has 0 saturated heterocycles. The number of carboxylic acids is 1. The third-order valence-electron chi connectivity index (χ3n) is 3.90. The van der Waals surface area contributed by atoms with Crippen molar-refractivity contribution < 1.29 is 9.90 Å². The fourth-order valence-electron chi connectivity index (χ4n) is 2.64. The second-order valence-corrected chi connectivity index (χ2v) is 5.49. The van der Waals surface area contributed by atoms with Crippen molar-refractivity contribution in [1.82, 2.24) is 19.9 Å². The Bertz CT molecular complexity index is 1150. The van der Waals surface area contributed by atoms with Crippen LogP contribution in [0.3, 0.4) is 0 Å². The molecule has 1 aromatic carbocycles. The van der Waals surface area contributed by atoms with E-state index in [1.54, 1.807) is 30.7 Å². The van der Waals surface area contributed by atoms with Crippen LogP contribution in [0.5, 0.6) is 0 Å². The molecule has 0 aliphatic heterocycles. The van der Waals surface area contributed by atoms with Crippen molar-refractivity contribution in [3.8, 4) is 22.5 Å². The Hall–Kier alpha value is -3.74. The highest BCUT2D eigenvalue weighted by Crippen LogP contribution is 2.23. The number of imidazole rings is 1. The summed E-state index contributed by atoms with van der Waals surface area (Å²) in [6.07, 6.45) is 4.98. The molecule has 0 aliphatic carbocycles. The summed E-state index contributed by atoms with van der Waals surface area (Å²) in [5.74, 6) is -0.634. The molecule has 3 N–H and O–H groups in total. The molecule has 4 rings (SSSR count). The molecule has 0 spiro atoms. The molecule has 25 heavy (non-hydrogen) atoms. The first-order valence-electron chi connectivity index (χ1n) is 7.48. The first kappa shape index (κ1) is 14.8. The quantitative estimate of drug-likeness (QED) is 0.534. The van der Waals surface area contributed by atoms with Crippen LogP contribution >= 0.6 is 0 Å². The third kappa shape index (κ3) is 2.67. The van der Waals surface area contributed by atoms with Gasteiger partial charge in [0.1, 0.15) is 5.82 Å². The van der Waals surface area contributed by atoms with E-state index in [9.17, 15) is 9.59 Å². The van der Waals surface area contributed by atoms with Gasteiger partial charge in [0.05, 0.1) is 22.2 Å². The number of benzene rings is 1. The van der Waals surface area contributed by atoms with Crippen LogP contribution in [-0.4, -0.2) is 31.0 Å². The Morgan fingerprint density at radius 2 is 1.84 bits per heavy atom. The molecule has 0 radical (unpaired) electrons. The molecule has 122 valence electrons. The van der Waals surface area contributed by atoms with Crippen LogP contribution in [0.25, 0.3) is 33.5 Å². The third-order valence-corrected chi connectivity index (χ3v) is 3.90. The summed E-state index contributed by atoms with van der Waals surface area (Å²) in [5, 5.41) is 9.08. The number of aromatic amines is 2. The largest absolute Gasteiger partial charge is 0.478 e. The van der Waals surface area contributed by atoms with Crippen LogP contribution in [0.2, 0.25) is 0 Å². The van der Waals surface area contributed by atoms with Gasteiger partial charge in [0.25, 0.3) is 5.56 Å². The average molecular weight is 332 g/mol. The zero-order valence-electron chi connectivity index (χ0n) is 12.9. The van der Waals surface area contributed by atoms with Crippen molar-refractivity contribution in [2.24, 2.45) is 0 Å². The highest BCUT2D eigenvalue weighted by Gasteiger charge is 2.12. The zero-order chi connectivity index (χ0) is 17.4. The van der Waals surface area contributed by atoms with Gasteiger partial charge in [-0.1, -0.05) is 0 Å². The summed E-state index contributed by atoms with van der Waals surface area (Å²) in [6.45, 7) is 0. The smallest absolute Gasteiger partial charge is 0.335 e. The number of aromatic carboxylic acids is 1. The molecule has 0 amide bonds. The summed E-state index contributed by atoms with van der Waals surface area (Å²) in [4.78, 5) is 37.4. The Morgan fingerprint density at radius 3 is 2.60 bits per heavy atom. The molecule has 0 unspecified atom stereocenters. The second kappa shape index (κ2) is 5.72. The van der Waals surface area contributed by atoms with Gasteiger partial charge in [0.2, 0.25) is 0 Å². The standard InChI is InChI=1S/C18H12N4O3/c23-17-13(7-12(9-20-17)10-3-5-19-6-4-10)16-21-14-2-1-11(18(24)25)8-15(14)22-16/h1-9H,(H,20,23)(H,21,22)(H,24,25). The first-order chi connectivity index (χ1) is 12.1. The van der Waals surface area contributed by atoms with E-state index in [0.717, 1.165) is 11.1 Å². The number of rotatable bonds is 3. The fourth-order valence-corrected chi connectivity index (χ4v) is 2.64. The van der Waals surface area contributed by atoms with Crippen LogP contribution in [0.15, 0.2) is 59.8 Å². The zero-order valence-corrected chi connectivity index (χ0v) is 12.9. The first-order valence-corrected chi connectivity index (χ1v) is 7.48. The van der Waals surface area contributed by atoms with E-state index >= 15 is 0 Å². The number of carbonyl (C=O) groups is 1. The van der Waals surface area contributed by atoms with Gasteiger partial charge in [-0.15, -0.1) is 0 Å². The van der Waals surface area contributed by atoms with Crippen LogP contribution in [0, 0.1) is 0 Å². The highest BCUT2D eigenvalue weighted by molar-refractivity contribution is 5.93. The lowest BCUT2D eigenvalue weighted by Crippen LogP contribution is -2.09. The fraction of sp³-hybridized carbons (Fsp3) is 0. The van der Waals surface area contributed by atoms with E-state index in [-0.39, 0.29) is 11.1 Å². The molecule has 0 saturated carbocycles. The minimum atomic E-state index is -1.02. The SMILES string of the molecule is O=C(O)c1ccc2nc(-c3cc(-c4ccncc4)c[nH]c3=O)[nH]c2c1. The van der Waals surface area contributed by atoms with Crippen molar-refractivity contribution in [1.29, 1.82) is 0 Å². The van der Waals surface area contributed by atoms with Crippen LogP contribution in [0.1, 0.15) is 10.4 Å². The maximum Gasteiger partial charge on any atom is 0.335 e. The minimum absolute atomic E-state index is 0.155. The van der Waals surface area contributed by atoms with Crippen LogP contribution in [-0.2, 0) is 0 Å². The van der Waals surface area contributed by atoms with Crippen molar-refractivity contribution in [3.05, 3.63) is 70.9 Å². The van der Waals surface area contributed by atoms with E-state index in [1.165, 1.54) is 12.1 Å². The van der Waals surface area contributed by atoms with E-state index in [0.29, 0.717) is 22.4 Å². The molecule has 0 bridgehead atoms. The van der Waals surface area contributed by atoms with Crippen LogP contribution < -0.4 is 5.56 Å². The predicted molar refractivity (Wildman–Crippen MR) is 92.3 cm³/mol. The number of carboxylic acid groups (broad SMARTS) is 1. The monoisotopic (exact) mass is 332 g/mol. The molecule has 0 fully saturated rings. The Labute approximate surface area is 141 Å². The number of pyridine rings is 2. The molecule has 7 heteroatoms. The van der Waals surface area contributed by atoms with E-state index in [4.69, 9.17) is 5.11 Å². The van der Waals surface area contributed by atoms with Crippen molar-refractivity contribution in [3.63, 3.8) is 0 Å². The van der Waals surface area contributed by atoms with Gasteiger partial charge in [0.15, 0.2) is 0 Å². The lowest BCUT2D eigenvalue weighted by Gasteiger charge is -2.02. The predicted octanol–water partition coefficient (Wildman–Crippen LogP) is 2.68. The summed E-state index contributed by atoms with van der Waals surface area (Å²) in [5.41, 5.74) is 3.14. The summed E-state index contributed by atoms with van der Waals surface area (Å²) >= 11 is 0. The summed E-state index contributed by atoms with van der Waals surface area (Å²) in [7, 11) is 0. The number of hydrogen-bond donors (Lipinski definition) is 3. The average Bonchev–Trinajstić information content (AvgIpc) is 3.05. The maximum absolute atomic E-state index is 12.2. The van der Waals surface area contributed by atoms with E-state index in [2.05, 4.69) is 19.9 Å².